The second kappa shape index (κ2) is 11.5. The number of hydrogen-bond acceptors (Lipinski definition) is 1. The summed E-state index contributed by atoms with van der Waals surface area (Å²) in [4.78, 5) is 2.58. The van der Waals surface area contributed by atoms with Gasteiger partial charge in [0.1, 0.15) is 8.07 Å². The first kappa shape index (κ1) is 29.7. The SMILES string of the molecule is c1ccc2c(c1)N(c1ccc3c(-c4ccc5ccccc5c4)c4ccccc4c(-c4ccc5ccccc5c4)c3c1)c1ccccc1[Si]21CCCC1. The number of nitrogens with zero attached hydrogens (tertiary/aromatic N) is 1. The van der Waals surface area contributed by atoms with Crippen LogP contribution in [-0.4, -0.2) is 8.07 Å². The van der Waals surface area contributed by atoms with Crippen molar-refractivity contribution in [3.8, 4) is 22.3 Å². The minimum Gasteiger partial charge on any atom is -0.311 e. The van der Waals surface area contributed by atoms with Gasteiger partial charge in [-0.15, -0.1) is 0 Å². The highest BCUT2D eigenvalue weighted by molar-refractivity contribution is 7.05. The van der Waals surface area contributed by atoms with Gasteiger partial charge in [0.25, 0.3) is 0 Å². The molecule has 0 saturated carbocycles. The summed E-state index contributed by atoms with van der Waals surface area (Å²) in [5, 5.41) is 13.4. The number of para-hydroxylation sites is 2. The van der Waals surface area contributed by atoms with Crippen LogP contribution in [0.25, 0.3) is 65.3 Å². The summed E-state index contributed by atoms with van der Waals surface area (Å²) < 4.78 is 0. The zero-order chi connectivity index (χ0) is 34.2. The zero-order valence-electron chi connectivity index (χ0n) is 29.0. The van der Waals surface area contributed by atoms with E-state index >= 15 is 0 Å². The van der Waals surface area contributed by atoms with E-state index in [1.165, 1.54) is 107 Å². The van der Waals surface area contributed by atoms with Crippen molar-refractivity contribution in [1.29, 1.82) is 0 Å². The Balaban J connectivity index is 1.24. The molecule has 246 valence electrons. The van der Waals surface area contributed by atoms with Gasteiger partial charge in [0, 0.05) is 17.1 Å². The number of benzene rings is 9. The van der Waals surface area contributed by atoms with Crippen LogP contribution < -0.4 is 15.3 Å². The monoisotopic (exact) mass is 679 g/mol. The quantitative estimate of drug-likeness (QED) is 0.133. The molecule has 52 heavy (non-hydrogen) atoms. The van der Waals surface area contributed by atoms with E-state index in [1.807, 2.05) is 0 Å². The van der Waals surface area contributed by atoms with Crippen LogP contribution in [0.4, 0.5) is 17.1 Å². The van der Waals surface area contributed by atoms with Crippen LogP contribution in [0.15, 0.2) is 176 Å². The normalized spacial score (nSPS) is 14.7. The molecule has 1 fully saturated rings. The fourth-order valence-electron chi connectivity index (χ4n) is 9.83. The van der Waals surface area contributed by atoms with Gasteiger partial charge < -0.3 is 4.90 Å². The Morgan fingerprint density at radius 2 is 0.827 bits per heavy atom. The van der Waals surface area contributed by atoms with Crippen molar-refractivity contribution >= 4 is 78.6 Å². The smallest absolute Gasteiger partial charge is 0.123 e. The van der Waals surface area contributed by atoms with E-state index in [4.69, 9.17) is 0 Å². The molecule has 2 heterocycles. The van der Waals surface area contributed by atoms with Crippen molar-refractivity contribution in [3.63, 3.8) is 0 Å². The van der Waals surface area contributed by atoms with Crippen molar-refractivity contribution in [1.82, 2.24) is 0 Å². The van der Waals surface area contributed by atoms with Gasteiger partial charge >= 0.3 is 0 Å². The molecule has 9 aromatic carbocycles. The topological polar surface area (TPSA) is 3.24 Å². The van der Waals surface area contributed by atoms with Crippen molar-refractivity contribution in [2.45, 2.75) is 24.9 Å². The summed E-state index contributed by atoms with van der Waals surface area (Å²) >= 11 is 0. The molecule has 1 nitrogen and oxygen atoms in total. The Hall–Kier alpha value is -5.96. The first-order valence-electron chi connectivity index (χ1n) is 18.7. The third-order valence-corrected chi connectivity index (χ3v) is 17.4. The summed E-state index contributed by atoms with van der Waals surface area (Å²) in [7, 11) is -1.83. The third-order valence-electron chi connectivity index (χ3n) is 12.1. The van der Waals surface area contributed by atoms with Crippen LogP contribution in [0.2, 0.25) is 12.1 Å². The van der Waals surface area contributed by atoms with Crippen molar-refractivity contribution in [3.05, 3.63) is 176 Å². The predicted octanol–water partition coefficient (Wildman–Crippen LogP) is 12.8. The first-order valence-corrected chi connectivity index (χ1v) is 21.1. The van der Waals surface area contributed by atoms with Crippen LogP contribution in [0, 0.1) is 0 Å². The molecular weight excluding hydrogens is 643 g/mol. The van der Waals surface area contributed by atoms with E-state index in [2.05, 4.69) is 181 Å². The van der Waals surface area contributed by atoms with Gasteiger partial charge in [-0.3, -0.25) is 0 Å². The molecule has 0 N–H and O–H groups in total. The molecule has 1 spiro atoms. The van der Waals surface area contributed by atoms with Crippen LogP contribution in [0.1, 0.15) is 12.8 Å². The van der Waals surface area contributed by atoms with E-state index in [-0.39, 0.29) is 0 Å². The maximum absolute atomic E-state index is 2.58. The number of anilines is 3. The number of fused-ring (bicyclic) bond motifs is 8. The maximum Gasteiger partial charge on any atom is 0.123 e. The Labute approximate surface area is 305 Å². The fourth-order valence-corrected chi connectivity index (χ4v) is 15.4. The summed E-state index contributed by atoms with van der Waals surface area (Å²) in [5.41, 5.74) is 9.05. The average molecular weight is 680 g/mol. The van der Waals surface area contributed by atoms with Crippen LogP contribution in [0.5, 0.6) is 0 Å². The molecule has 2 heteroatoms. The van der Waals surface area contributed by atoms with Gasteiger partial charge in [-0.25, -0.2) is 0 Å². The second-order valence-electron chi connectivity index (χ2n) is 14.8. The predicted molar refractivity (Wildman–Crippen MR) is 226 cm³/mol. The molecule has 0 radical (unpaired) electrons. The lowest BCUT2D eigenvalue weighted by atomic mass is 9.85. The summed E-state index contributed by atoms with van der Waals surface area (Å²) in [6.45, 7) is 0. The van der Waals surface area contributed by atoms with Crippen molar-refractivity contribution in [2.75, 3.05) is 4.90 Å². The standard InChI is InChI=1S/C50H37NSi/c1-3-15-36-31-38(25-23-34(36)13-1)49-41-17-5-6-18-42(41)50(39-26-24-35-14-2-4-16-37(35)32-39)44-33-40(27-28-43(44)49)51-45-19-7-9-21-47(45)52(29-11-12-30-52)48-22-10-8-20-46(48)51/h1-10,13-28,31-33H,11-12,29-30H2. The highest BCUT2D eigenvalue weighted by Gasteiger charge is 2.47. The Bertz CT molecular complexity index is 2830. The van der Waals surface area contributed by atoms with E-state index in [1.54, 1.807) is 10.4 Å². The summed E-state index contributed by atoms with van der Waals surface area (Å²) in [6, 6.07) is 69.2. The molecule has 0 unspecified atom stereocenters. The lowest BCUT2D eigenvalue weighted by Crippen LogP contribution is -2.60. The summed E-state index contributed by atoms with van der Waals surface area (Å²) in [5.74, 6) is 0. The Morgan fingerprint density at radius 1 is 0.365 bits per heavy atom. The second-order valence-corrected chi connectivity index (χ2v) is 19.0. The zero-order valence-corrected chi connectivity index (χ0v) is 30.0. The molecule has 0 bridgehead atoms. The molecule has 11 rings (SSSR count). The number of rotatable bonds is 3. The van der Waals surface area contributed by atoms with E-state index in [9.17, 15) is 0 Å². The lowest BCUT2D eigenvalue weighted by Gasteiger charge is -2.42. The Kier molecular flexibility index (Phi) is 6.59. The molecule has 0 aromatic heterocycles. The third kappa shape index (κ3) is 4.34. The van der Waals surface area contributed by atoms with Gasteiger partial charge in [0.15, 0.2) is 0 Å². The van der Waals surface area contributed by atoms with E-state index in [0.717, 1.165) is 0 Å². The van der Waals surface area contributed by atoms with Gasteiger partial charge in [-0.1, -0.05) is 152 Å². The molecule has 2 aliphatic heterocycles. The van der Waals surface area contributed by atoms with Crippen molar-refractivity contribution < 1.29 is 0 Å². The largest absolute Gasteiger partial charge is 0.311 e. The molecule has 2 aliphatic rings. The molecule has 1 saturated heterocycles. The molecule has 0 atom stereocenters. The lowest BCUT2D eigenvalue weighted by molar-refractivity contribution is 0.935. The molecule has 0 amide bonds. The first-order chi connectivity index (χ1) is 25.8. The van der Waals surface area contributed by atoms with Crippen LogP contribution >= 0.6 is 0 Å². The molecule has 9 aromatic rings. The highest BCUT2D eigenvalue weighted by atomic mass is 28.3. The minimum atomic E-state index is -1.83. The fraction of sp³-hybridized carbons (Fsp3) is 0.0800. The minimum absolute atomic E-state index is 1.22. The van der Waals surface area contributed by atoms with E-state index in [0.29, 0.717) is 0 Å². The maximum atomic E-state index is 2.58. The van der Waals surface area contributed by atoms with Gasteiger partial charge in [-0.05, 0) is 124 Å². The van der Waals surface area contributed by atoms with E-state index < -0.39 is 8.07 Å². The van der Waals surface area contributed by atoms with Gasteiger partial charge in [-0.2, -0.15) is 0 Å². The average Bonchev–Trinajstić information content (AvgIpc) is 3.70. The van der Waals surface area contributed by atoms with Gasteiger partial charge in [0.2, 0.25) is 0 Å². The van der Waals surface area contributed by atoms with Crippen LogP contribution in [0.3, 0.4) is 0 Å². The highest BCUT2D eigenvalue weighted by Crippen LogP contribution is 2.48. The molecular formula is C50H37NSi. The number of hydrogen-bond donors (Lipinski definition) is 0. The Morgan fingerprint density at radius 3 is 1.40 bits per heavy atom. The van der Waals surface area contributed by atoms with Crippen LogP contribution in [-0.2, 0) is 0 Å². The molecule has 0 aliphatic carbocycles. The van der Waals surface area contributed by atoms with Gasteiger partial charge in [0.05, 0.1) is 0 Å². The van der Waals surface area contributed by atoms with Crippen molar-refractivity contribution in [2.24, 2.45) is 0 Å². The summed E-state index contributed by atoms with van der Waals surface area (Å²) in [6.07, 6.45) is 2.68.